The summed E-state index contributed by atoms with van der Waals surface area (Å²) in [7, 11) is 0. The number of aryl methyl sites for hydroxylation is 1. The van der Waals surface area contributed by atoms with E-state index in [1.54, 1.807) is 0 Å². The molecule has 0 aromatic heterocycles. The van der Waals surface area contributed by atoms with Crippen molar-refractivity contribution in [1.82, 2.24) is 0 Å². The van der Waals surface area contributed by atoms with Gasteiger partial charge in [-0.05, 0) is 48.8 Å². The topological polar surface area (TPSA) is 29.4 Å². The third-order valence-electron chi connectivity index (χ3n) is 4.34. The zero-order valence-corrected chi connectivity index (χ0v) is 10.0. The van der Waals surface area contributed by atoms with Crippen LogP contribution in [0.3, 0.4) is 0 Å². The Balaban J connectivity index is 2.14. The molecule has 17 heavy (non-hydrogen) atoms. The zero-order valence-electron chi connectivity index (χ0n) is 10.0. The van der Waals surface area contributed by atoms with Crippen LogP contribution in [0.25, 0.3) is 0 Å². The number of nitrogens with zero attached hydrogens (tertiary/aromatic N) is 1. The highest BCUT2D eigenvalue weighted by atomic mass is 16.1. The van der Waals surface area contributed by atoms with E-state index in [4.69, 9.17) is 0 Å². The summed E-state index contributed by atoms with van der Waals surface area (Å²) in [6.07, 6.45) is 9.77. The van der Waals surface area contributed by atoms with Crippen LogP contribution < -0.4 is 0 Å². The van der Waals surface area contributed by atoms with Crippen molar-refractivity contribution in [2.45, 2.75) is 50.5 Å². The number of rotatable bonds is 2. The molecule has 0 amide bonds. The van der Waals surface area contributed by atoms with Crippen LogP contribution in [0, 0.1) is 0 Å². The van der Waals surface area contributed by atoms with Crippen molar-refractivity contribution in [3.05, 3.63) is 34.9 Å². The molecule has 0 atom stereocenters. The van der Waals surface area contributed by atoms with Crippen molar-refractivity contribution in [3.63, 3.8) is 0 Å². The van der Waals surface area contributed by atoms with E-state index in [-0.39, 0.29) is 5.54 Å². The molecule has 1 aromatic rings. The van der Waals surface area contributed by atoms with Gasteiger partial charge in [-0.1, -0.05) is 31.0 Å². The Kier molecular flexibility index (Phi) is 2.60. The number of benzene rings is 1. The Morgan fingerprint density at radius 3 is 2.71 bits per heavy atom. The highest BCUT2D eigenvalue weighted by Crippen LogP contribution is 2.45. The molecule has 2 nitrogen and oxygen atoms in total. The van der Waals surface area contributed by atoms with Gasteiger partial charge in [0, 0.05) is 0 Å². The molecule has 2 aliphatic carbocycles. The molecule has 2 heteroatoms. The standard InChI is InChI=1S/C15H17NO/c17-11-16-15(9-1-2-10-15)14-8-4-6-12-5-3-7-13(12)14/h4,6,8H,1-3,5,7,9-10H2. The summed E-state index contributed by atoms with van der Waals surface area (Å²) in [4.78, 5) is 14.9. The van der Waals surface area contributed by atoms with Crippen LogP contribution in [0.2, 0.25) is 0 Å². The van der Waals surface area contributed by atoms with E-state index in [0.29, 0.717) is 0 Å². The molecule has 2 aliphatic rings. The third-order valence-corrected chi connectivity index (χ3v) is 4.34. The van der Waals surface area contributed by atoms with Crippen molar-refractivity contribution < 1.29 is 4.79 Å². The highest BCUT2D eigenvalue weighted by molar-refractivity contribution is 5.46. The van der Waals surface area contributed by atoms with Gasteiger partial charge < -0.3 is 0 Å². The summed E-state index contributed by atoms with van der Waals surface area (Å²) in [5, 5.41) is 0. The average Bonchev–Trinajstić information content (AvgIpc) is 2.97. The molecule has 0 aliphatic heterocycles. The van der Waals surface area contributed by atoms with E-state index >= 15 is 0 Å². The SMILES string of the molecule is O=C=NC1(c2cccc3c2CCC3)CCCC1. The monoisotopic (exact) mass is 227 g/mol. The predicted molar refractivity (Wildman–Crippen MR) is 66.7 cm³/mol. The summed E-state index contributed by atoms with van der Waals surface area (Å²) in [6, 6.07) is 6.52. The number of hydrogen-bond donors (Lipinski definition) is 0. The molecule has 0 bridgehead atoms. The molecule has 0 radical (unpaired) electrons. The second kappa shape index (κ2) is 4.12. The lowest BCUT2D eigenvalue weighted by Crippen LogP contribution is -2.21. The second-order valence-electron chi connectivity index (χ2n) is 5.24. The average molecular weight is 227 g/mol. The summed E-state index contributed by atoms with van der Waals surface area (Å²) < 4.78 is 0. The lowest BCUT2D eigenvalue weighted by atomic mass is 9.84. The fraction of sp³-hybridized carbons (Fsp3) is 0.533. The van der Waals surface area contributed by atoms with Gasteiger partial charge in [0.15, 0.2) is 0 Å². The first-order valence-electron chi connectivity index (χ1n) is 6.56. The normalized spacial score (nSPS) is 20.9. The van der Waals surface area contributed by atoms with E-state index in [9.17, 15) is 4.79 Å². The van der Waals surface area contributed by atoms with Gasteiger partial charge in [0.25, 0.3) is 0 Å². The molecule has 1 fully saturated rings. The van der Waals surface area contributed by atoms with Crippen LogP contribution in [-0.2, 0) is 23.2 Å². The predicted octanol–water partition coefficient (Wildman–Crippen LogP) is 3.28. The lowest BCUT2D eigenvalue weighted by Gasteiger charge is -2.25. The van der Waals surface area contributed by atoms with E-state index < -0.39 is 0 Å². The number of fused-ring (bicyclic) bond motifs is 1. The largest absolute Gasteiger partial charge is 0.235 e. The molecular formula is C15H17NO. The molecule has 0 N–H and O–H groups in total. The van der Waals surface area contributed by atoms with E-state index in [1.165, 1.54) is 42.4 Å². The van der Waals surface area contributed by atoms with Gasteiger partial charge in [0.05, 0.1) is 5.54 Å². The fourth-order valence-electron chi connectivity index (χ4n) is 3.54. The molecule has 3 rings (SSSR count). The van der Waals surface area contributed by atoms with Gasteiger partial charge in [-0.15, -0.1) is 0 Å². The Morgan fingerprint density at radius 2 is 1.94 bits per heavy atom. The summed E-state index contributed by atoms with van der Waals surface area (Å²) in [6.45, 7) is 0. The van der Waals surface area contributed by atoms with Gasteiger partial charge >= 0.3 is 0 Å². The Labute approximate surface area is 102 Å². The van der Waals surface area contributed by atoms with Crippen LogP contribution in [0.1, 0.15) is 48.8 Å². The molecular weight excluding hydrogens is 210 g/mol. The molecule has 1 saturated carbocycles. The molecule has 0 unspecified atom stereocenters. The maximum Gasteiger partial charge on any atom is 0.235 e. The molecule has 0 heterocycles. The minimum Gasteiger partial charge on any atom is -0.211 e. The van der Waals surface area contributed by atoms with Crippen molar-refractivity contribution in [2.75, 3.05) is 0 Å². The molecule has 88 valence electrons. The van der Waals surface area contributed by atoms with Gasteiger partial charge in [0.1, 0.15) is 0 Å². The minimum atomic E-state index is -0.239. The van der Waals surface area contributed by atoms with Crippen molar-refractivity contribution >= 4 is 6.08 Å². The second-order valence-corrected chi connectivity index (χ2v) is 5.24. The number of isocyanates is 1. The zero-order chi connectivity index (χ0) is 11.7. The van der Waals surface area contributed by atoms with E-state index in [0.717, 1.165) is 19.3 Å². The number of carbonyl (C=O) groups excluding carboxylic acids is 1. The van der Waals surface area contributed by atoms with Crippen LogP contribution in [0.5, 0.6) is 0 Å². The van der Waals surface area contributed by atoms with Crippen LogP contribution in [-0.4, -0.2) is 6.08 Å². The van der Waals surface area contributed by atoms with Crippen LogP contribution in [0.15, 0.2) is 23.2 Å². The molecule has 0 spiro atoms. The fourth-order valence-corrected chi connectivity index (χ4v) is 3.54. The Hall–Kier alpha value is -1.40. The minimum absolute atomic E-state index is 0.239. The molecule has 1 aromatic carbocycles. The number of hydrogen-bond acceptors (Lipinski definition) is 2. The van der Waals surface area contributed by atoms with Crippen molar-refractivity contribution in [1.29, 1.82) is 0 Å². The summed E-state index contributed by atoms with van der Waals surface area (Å²) in [5.74, 6) is 0. The Bertz CT molecular complexity index is 480. The first kappa shape index (κ1) is 10.7. The third kappa shape index (κ3) is 1.64. The summed E-state index contributed by atoms with van der Waals surface area (Å²) in [5.41, 5.74) is 4.01. The lowest BCUT2D eigenvalue weighted by molar-refractivity contribution is 0.452. The van der Waals surface area contributed by atoms with Crippen molar-refractivity contribution in [2.24, 2.45) is 4.99 Å². The highest BCUT2D eigenvalue weighted by Gasteiger charge is 2.38. The summed E-state index contributed by atoms with van der Waals surface area (Å²) >= 11 is 0. The first-order valence-corrected chi connectivity index (χ1v) is 6.56. The van der Waals surface area contributed by atoms with Gasteiger partial charge in [-0.3, -0.25) is 0 Å². The van der Waals surface area contributed by atoms with Gasteiger partial charge in [-0.2, -0.15) is 4.99 Å². The number of aliphatic imine (C=N–C) groups is 1. The smallest absolute Gasteiger partial charge is 0.211 e. The van der Waals surface area contributed by atoms with E-state index in [1.807, 2.05) is 6.08 Å². The van der Waals surface area contributed by atoms with Crippen LogP contribution >= 0.6 is 0 Å². The Morgan fingerprint density at radius 1 is 1.12 bits per heavy atom. The van der Waals surface area contributed by atoms with E-state index in [2.05, 4.69) is 23.2 Å². The maximum absolute atomic E-state index is 10.7. The quantitative estimate of drug-likeness (QED) is 0.563. The molecule has 0 saturated heterocycles. The maximum atomic E-state index is 10.7. The van der Waals surface area contributed by atoms with Gasteiger partial charge in [-0.25, -0.2) is 4.79 Å². The first-order chi connectivity index (χ1) is 8.36. The van der Waals surface area contributed by atoms with Crippen LogP contribution in [0.4, 0.5) is 0 Å². The van der Waals surface area contributed by atoms with Crippen molar-refractivity contribution in [3.8, 4) is 0 Å². The van der Waals surface area contributed by atoms with Gasteiger partial charge in [0.2, 0.25) is 6.08 Å².